The molecule has 4 rings (SSSR count). The minimum absolute atomic E-state index is 0.141. The molecule has 4 aromatic carbocycles. The highest BCUT2D eigenvalue weighted by Gasteiger charge is 2.13. The lowest BCUT2D eigenvalue weighted by molar-refractivity contribution is 0.0984. The smallest absolute Gasteiger partial charge is 0.167 e. The summed E-state index contributed by atoms with van der Waals surface area (Å²) in [4.78, 5) is 25.7. The lowest BCUT2D eigenvalue weighted by atomic mass is 9.92. The Morgan fingerprint density at radius 2 is 0.833 bits per heavy atom. The molecule has 0 aliphatic heterocycles. The van der Waals surface area contributed by atoms with Gasteiger partial charge in [-0.05, 0) is 109 Å². The Morgan fingerprint density at radius 1 is 0.444 bits per heavy atom. The summed E-state index contributed by atoms with van der Waals surface area (Å²) in [7, 11) is 0. The van der Waals surface area contributed by atoms with E-state index in [2.05, 4.69) is 64.1 Å². The Kier molecular flexibility index (Phi) is 7.35. The molecular weight excluding hydrogens is 440 g/mol. The van der Waals surface area contributed by atoms with Crippen LogP contribution in [0.1, 0.15) is 65.2 Å². The van der Waals surface area contributed by atoms with Crippen molar-refractivity contribution in [2.75, 3.05) is 0 Å². The van der Waals surface area contributed by atoms with Gasteiger partial charge in [-0.3, -0.25) is 9.59 Å². The molecule has 2 heteroatoms. The third-order valence-corrected chi connectivity index (χ3v) is 7.38. The highest BCUT2D eigenvalue weighted by molar-refractivity contribution is 5.98. The standard InChI is InChI=1S/C34H34O2/c1-21-7-9-31(15-23(21)3)33(35)19-27-11-13-29(17-25(27)5)30-14-12-28(26(6)18-30)20-34(36)32-10-8-22(2)24(4)16-32/h7-18H,19-20H2,1-6H3. The predicted octanol–water partition coefficient (Wildman–Crippen LogP) is 8.05. The summed E-state index contributed by atoms with van der Waals surface area (Å²) in [6.45, 7) is 12.3. The molecule has 0 radical (unpaired) electrons. The van der Waals surface area contributed by atoms with E-state index in [1.54, 1.807) is 0 Å². The highest BCUT2D eigenvalue weighted by atomic mass is 16.1. The minimum atomic E-state index is 0.141. The summed E-state index contributed by atoms with van der Waals surface area (Å²) in [6, 6.07) is 24.4. The fourth-order valence-corrected chi connectivity index (χ4v) is 4.53. The van der Waals surface area contributed by atoms with Gasteiger partial charge in [-0.2, -0.15) is 0 Å². The minimum Gasteiger partial charge on any atom is -0.294 e. The number of benzene rings is 4. The van der Waals surface area contributed by atoms with Crippen LogP contribution in [0.2, 0.25) is 0 Å². The molecule has 0 spiro atoms. The lowest BCUT2D eigenvalue weighted by Gasteiger charge is -2.12. The molecule has 0 unspecified atom stereocenters. The Hall–Kier alpha value is -3.78. The lowest BCUT2D eigenvalue weighted by Crippen LogP contribution is -2.06. The summed E-state index contributed by atoms with van der Waals surface area (Å²) in [5.74, 6) is 0.283. The average molecular weight is 475 g/mol. The first-order valence-electron chi connectivity index (χ1n) is 12.5. The molecule has 0 saturated carbocycles. The van der Waals surface area contributed by atoms with Crippen LogP contribution in [0.4, 0.5) is 0 Å². The zero-order valence-corrected chi connectivity index (χ0v) is 22.2. The first-order chi connectivity index (χ1) is 17.1. The topological polar surface area (TPSA) is 34.1 Å². The average Bonchev–Trinajstić information content (AvgIpc) is 2.84. The molecule has 0 saturated heterocycles. The first kappa shape index (κ1) is 25.3. The van der Waals surface area contributed by atoms with Crippen LogP contribution in [0.3, 0.4) is 0 Å². The van der Waals surface area contributed by atoms with Crippen LogP contribution in [-0.2, 0) is 12.8 Å². The maximum absolute atomic E-state index is 12.9. The van der Waals surface area contributed by atoms with Crippen molar-refractivity contribution in [3.63, 3.8) is 0 Å². The van der Waals surface area contributed by atoms with Crippen LogP contribution in [0, 0.1) is 41.5 Å². The van der Waals surface area contributed by atoms with Crippen LogP contribution in [0.5, 0.6) is 0 Å². The second-order valence-corrected chi connectivity index (χ2v) is 10.1. The van der Waals surface area contributed by atoms with Crippen molar-refractivity contribution in [3.8, 4) is 11.1 Å². The summed E-state index contributed by atoms with van der Waals surface area (Å²) < 4.78 is 0. The van der Waals surface area contributed by atoms with Crippen LogP contribution >= 0.6 is 0 Å². The van der Waals surface area contributed by atoms with Crippen LogP contribution in [0.25, 0.3) is 11.1 Å². The van der Waals surface area contributed by atoms with E-state index in [0.717, 1.165) is 55.6 Å². The molecule has 0 N–H and O–H groups in total. The van der Waals surface area contributed by atoms with Crippen molar-refractivity contribution in [2.24, 2.45) is 0 Å². The van der Waals surface area contributed by atoms with Gasteiger partial charge in [0, 0.05) is 24.0 Å². The number of Topliss-reactive ketones (excluding diaryl/α,β-unsaturated/α-hetero) is 2. The Labute approximate surface area is 215 Å². The normalized spacial score (nSPS) is 10.9. The van der Waals surface area contributed by atoms with Crippen molar-refractivity contribution in [2.45, 2.75) is 54.4 Å². The van der Waals surface area contributed by atoms with Crippen LogP contribution < -0.4 is 0 Å². The molecular formula is C34H34O2. The number of rotatable bonds is 7. The van der Waals surface area contributed by atoms with Crippen LogP contribution in [0.15, 0.2) is 72.8 Å². The van der Waals surface area contributed by atoms with Crippen molar-refractivity contribution in [1.29, 1.82) is 0 Å². The fraction of sp³-hybridized carbons (Fsp3) is 0.235. The summed E-state index contributed by atoms with van der Waals surface area (Å²) in [6.07, 6.45) is 0.792. The SMILES string of the molecule is Cc1ccc(C(=O)Cc2ccc(-c3ccc(CC(=O)c4ccc(C)c(C)c4)c(C)c3)cc2C)cc1C. The number of hydrogen-bond acceptors (Lipinski definition) is 2. The summed E-state index contributed by atoms with van der Waals surface area (Å²) in [5, 5.41) is 0. The molecule has 182 valence electrons. The van der Waals surface area contributed by atoms with Gasteiger partial charge in [0.1, 0.15) is 0 Å². The summed E-state index contributed by atoms with van der Waals surface area (Å²) >= 11 is 0. The molecule has 0 aliphatic carbocycles. The van der Waals surface area contributed by atoms with Crippen molar-refractivity contribution in [3.05, 3.63) is 128 Å². The molecule has 2 nitrogen and oxygen atoms in total. The van der Waals surface area contributed by atoms with Crippen molar-refractivity contribution in [1.82, 2.24) is 0 Å². The molecule has 0 bridgehead atoms. The molecule has 0 fully saturated rings. The van der Waals surface area contributed by atoms with E-state index in [1.165, 1.54) is 11.1 Å². The monoisotopic (exact) mass is 474 g/mol. The van der Waals surface area contributed by atoms with Gasteiger partial charge in [-0.1, -0.05) is 60.7 Å². The number of ketones is 2. The van der Waals surface area contributed by atoms with E-state index >= 15 is 0 Å². The second kappa shape index (κ2) is 10.5. The third-order valence-electron chi connectivity index (χ3n) is 7.38. The van der Waals surface area contributed by atoms with Gasteiger partial charge in [0.2, 0.25) is 0 Å². The zero-order chi connectivity index (χ0) is 26.0. The maximum Gasteiger partial charge on any atom is 0.167 e. The number of aryl methyl sites for hydroxylation is 6. The molecule has 0 amide bonds. The van der Waals surface area contributed by atoms with E-state index in [0.29, 0.717) is 12.8 Å². The van der Waals surface area contributed by atoms with Gasteiger partial charge >= 0.3 is 0 Å². The van der Waals surface area contributed by atoms with Crippen LogP contribution in [-0.4, -0.2) is 11.6 Å². The van der Waals surface area contributed by atoms with E-state index in [1.807, 2.05) is 50.2 Å². The predicted molar refractivity (Wildman–Crippen MR) is 149 cm³/mol. The van der Waals surface area contributed by atoms with Crippen molar-refractivity contribution >= 4 is 11.6 Å². The van der Waals surface area contributed by atoms with Crippen molar-refractivity contribution < 1.29 is 9.59 Å². The number of hydrogen-bond donors (Lipinski definition) is 0. The Balaban J connectivity index is 1.49. The fourth-order valence-electron chi connectivity index (χ4n) is 4.53. The molecule has 0 aliphatic rings. The second-order valence-electron chi connectivity index (χ2n) is 10.1. The number of carbonyl (C=O) groups excluding carboxylic acids is 2. The summed E-state index contributed by atoms with van der Waals surface area (Å²) in [5.41, 5.74) is 12.8. The van der Waals surface area contributed by atoms with Gasteiger partial charge in [0.15, 0.2) is 11.6 Å². The van der Waals surface area contributed by atoms with E-state index in [9.17, 15) is 9.59 Å². The zero-order valence-electron chi connectivity index (χ0n) is 22.2. The van der Waals surface area contributed by atoms with Gasteiger partial charge in [-0.25, -0.2) is 0 Å². The Bertz CT molecular complexity index is 1360. The molecule has 4 aromatic rings. The van der Waals surface area contributed by atoms with E-state index in [-0.39, 0.29) is 11.6 Å². The van der Waals surface area contributed by atoms with Gasteiger partial charge < -0.3 is 0 Å². The third kappa shape index (κ3) is 5.54. The van der Waals surface area contributed by atoms with Gasteiger partial charge in [0.25, 0.3) is 0 Å². The first-order valence-corrected chi connectivity index (χ1v) is 12.5. The Morgan fingerprint density at radius 3 is 1.17 bits per heavy atom. The largest absolute Gasteiger partial charge is 0.294 e. The maximum atomic E-state index is 12.9. The van der Waals surface area contributed by atoms with Gasteiger partial charge in [0.05, 0.1) is 0 Å². The molecule has 0 aromatic heterocycles. The van der Waals surface area contributed by atoms with Gasteiger partial charge in [-0.15, -0.1) is 0 Å². The molecule has 0 atom stereocenters. The van der Waals surface area contributed by atoms with E-state index in [4.69, 9.17) is 0 Å². The highest BCUT2D eigenvalue weighted by Crippen LogP contribution is 2.26. The molecule has 0 heterocycles. The molecule has 36 heavy (non-hydrogen) atoms. The van der Waals surface area contributed by atoms with E-state index < -0.39 is 0 Å². The number of carbonyl (C=O) groups is 2. The quantitative estimate of drug-likeness (QED) is 0.254.